The van der Waals surface area contributed by atoms with E-state index in [1.807, 2.05) is 13.0 Å². The minimum atomic E-state index is -3.45. The predicted molar refractivity (Wildman–Crippen MR) is 97.8 cm³/mol. The van der Waals surface area contributed by atoms with Crippen LogP contribution in [0.15, 0.2) is 53.4 Å². The zero-order valence-electron chi connectivity index (χ0n) is 13.8. The molecule has 1 saturated heterocycles. The Balaban J connectivity index is 1.66. The summed E-state index contributed by atoms with van der Waals surface area (Å²) in [4.78, 5) is 0.291. The van der Waals surface area contributed by atoms with Crippen LogP contribution in [-0.2, 0) is 16.4 Å². The SMILES string of the molecule is Cc1ccc(S(=O)(=O)N2CCC(Cc3ccccc3)CC2)cc1Cl. The van der Waals surface area contributed by atoms with Crippen molar-refractivity contribution in [1.82, 2.24) is 4.31 Å². The van der Waals surface area contributed by atoms with Gasteiger partial charge in [-0.1, -0.05) is 48.0 Å². The number of halogens is 1. The van der Waals surface area contributed by atoms with E-state index in [1.54, 1.807) is 22.5 Å². The molecule has 0 spiro atoms. The second kappa shape index (κ2) is 7.26. The molecule has 1 heterocycles. The minimum Gasteiger partial charge on any atom is -0.207 e. The third-order valence-corrected chi connectivity index (χ3v) is 7.02. The van der Waals surface area contributed by atoms with Crippen LogP contribution in [-0.4, -0.2) is 25.8 Å². The highest BCUT2D eigenvalue weighted by molar-refractivity contribution is 7.89. The summed E-state index contributed by atoms with van der Waals surface area (Å²) in [7, 11) is -3.45. The highest BCUT2D eigenvalue weighted by Crippen LogP contribution is 2.28. The van der Waals surface area contributed by atoms with E-state index in [0.717, 1.165) is 24.8 Å². The van der Waals surface area contributed by atoms with Crippen LogP contribution < -0.4 is 0 Å². The summed E-state index contributed by atoms with van der Waals surface area (Å²) in [6.45, 7) is 3.02. The van der Waals surface area contributed by atoms with Crippen molar-refractivity contribution in [3.8, 4) is 0 Å². The molecule has 0 saturated carbocycles. The van der Waals surface area contributed by atoms with Crippen molar-refractivity contribution in [3.63, 3.8) is 0 Å². The summed E-state index contributed by atoms with van der Waals surface area (Å²) >= 11 is 6.09. The normalized spacial score (nSPS) is 17.1. The molecule has 128 valence electrons. The standard InChI is InChI=1S/C19H22ClNO2S/c1-15-7-8-18(14-19(15)20)24(22,23)21-11-9-17(10-12-21)13-16-5-3-2-4-6-16/h2-8,14,17H,9-13H2,1H3. The van der Waals surface area contributed by atoms with Gasteiger partial charge in [0.05, 0.1) is 4.90 Å². The van der Waals surface area contributed by atoms with Crippen LogP contribution in [0.25, 0.3) is 0 Å². The predicted octanol–water partition coefficient (Wildman–Crippen LogP) is 4.29. The topological polar surface area (TPSA) is 37.4 Å². The van der Waals surface area contributed by atoms with E-state index in [4.69, 9.17) is 11.6 Å². The van der Waals surface area contributed by atoms with Gasteiger partial charge in [-0.25, -0.2) is 8.42 Å². The zero-order chi connectivity index (χ0) is 17.2. The summed E-state index contributed by atoms with van der Waals surface area (Å²) in [6, 6.07) is 15.4. The molecule has 1 aliphatic rings. The van der Waals surface area contributed by atoms with E-state index in [1.165, 1.54) is 5.56 Å². The highest BCUT2D eigenvalue weighted by atomic mass is 35.5. The number of hydrogen-bond acceptors (Lipinski definition) is 2. The summed E-state index contributed by atoms with van der Waals surface area (Å²) < 4.78 is 27.2. The first-order chi connectivity index (χ1) is 11.5. The first-order valence-corrected chi connectivity index (χ1v) is 10.1. The molecule has 0 aromatic heterocycles. The molecule has 0 aliphatic carbocycles. The van der Waals surface area contributed by atoms with Crippen LogP contribution in [0.2, 0.25) is 5.02 Å². The Bertz CT molecular complexity index is 797. The molecule has 0 N–H and O–H groups in total. The molecule has 0 unspecified atom stereocenters. The lowest BCUT2D eigenvalue weighted by molar-refractivity contribution is 0.273. The Kier molecular flexibility index (Phi) is 5.28. The van der Waals surface area contributed by atoms with Crippen LogP contribution in [0.4, 0.5) is 0 Å². The molecular formula is C19H22ClNO2S. The van der Waals surface area contributed by atoms with Crippen LogP contribution >= 0.6 is 11.6 Å². The molecule has 5 heteroatoms. The van der Waals surface area contributed by atoms with E-state index < -0.39 is 10.0 Å². The Hall–Kier alpha value is -1.36. The highest BCUT2D eigenvalue weighted by Gasteiger charge is 2.29. The lowest BCUT2D eigenvalue weighted by atomic mass is 9.91. The zero-order valence-corrected chi connectivity index (χ0v) is 15.4. The van der Waals surface area contributed by atoms with E-state index in [2.05, 4.69) is 24.3 Å². The van der Waals surface area contributed by atoms with Gasteiger partial charge in [0.2, 0.25) is 10.0 Å². The Morgan fingerprint density at radius 3 is 2.38 bits per heavy atom. The molecule has 2 aromatic rings. The fraction of sp³-hybridized carbons (Fsp3) is 0.368. The van der Waals surface area contributed by atoms with Gasteiger partial charge in [-0.15, -0.1) is 0 Å². The molecule has 2 aromatic carbocycles. The molecule has 0 amide bonds. The Labute approximate surface area is 149 Å². The lowest BCUT2D eigenvalue weighted by Gasteiger charge is -2.31. The second-order valence-electron chi connectivity index (χ2n) is 6.45. The number of aryl methyl sites for hydroxylation is 1. The van der Waals surface area contributed by atoms with Crippen LogP contribution in [0.5, 0.6) is 0 Å². The smallest absolute Gasteiger partial charge is 0.207 e. The number of hydrogen-bond donors (Lipinski definition) is 0. The van der Waals surface area contributed by atoms with Crippen molar-refractivity contribution < 1.29 is 8.42 Å². The molecule has 0 bridgehead atoms. The van der Waals surface area contributed by atoms with Crippen molar-refractivity contribution in [2.24, 2.45) is 5.92 Å². The van der Waals surface area contributed by atoms with Gasteiger partial charge in [-0.05, 0) is 55.4 Å². The molecule has 1 fully saturated rings. The van der Waals surface area contributed by atoms with E-state index >= 15 is 0 Å². The van der Waals surface area contributed by atoms with Crippen LogP contribution in [0.1, 0.15) is 24.0 Å². The third kappa shape index (κ3) is 3.82. The first kappa shape index (κ1) is 17.5. The molecule has 0 radical (unpaired) electrons. The number of nitrogens with zero attached hydrogens (tertiary/aromatic N) is 1. The quantitative estimate of drug-likeness (QED) is 0.812. The van der Waals surface area contributed by atoms with Crippen molar-refractivity contribution >= 4 is 21.6 Å². The number of sulfonamides is 1. The van der Waals surface area contributed by atoms with Gasteiger partial charge in [0, 0.05) is 18.1 Å². The average molecular weight is 364 g/mol. The summed E-state index contributed by atoms with van der Waals surface area (Å²) in [5.41, 5.74) is 2.21. The summed E-state index contributed by atoms with van der Waals surface area (Å²) in [6.07, 6.45) is 2.81. The average Bonchev–Trinajstić information content (AvgIpc) is 2.58. The molecule has 3 rings (SSSR count). The van der Waals surface area contributed by atoms with Crippen molar-refractivity contribution in [2.75, 3.05) is 13.1 Å². The molecular weight excluding hydrogens is 342 g/mol. The van der Waals surface area contributed by atoms with Crippen LogP contribution in [0.3, 0.4) is 0 Å². The molecule has 1 aliphatic heterocycles. The second-order valence-corrected chi connectivity index (χ2v) is 8.79. The monoisotopic (exact) mass is 363 g/mol. The van der Waals surface area contributed by atoms with Crippen molar-refractivity contribution in [2.45, 2.75) is 31.1 Å². The van der Waals surface area contributed by atoms with Gasteiger partial charge in [-0.2, -0.15) is 4.31 Å². The van der Waals surface area contributed by atoms with Gasteiger partial charge >= 0.3 is 0 Å². The fourth-order valence-electron chi connectivity index (χ4n) is 3.18. The fourth-order valence-corrected chi connectivity index (χ4v) is 4.93. The number of benzene rings is 2. The minimum absolute atomic E-state index is 0.291. The largest absolute Gasteiger partial charge is 0.243 e. The molecule has 0 atom stereocenters. The summed E-state index contributed by atoms with van der Waals surface area (Å²) in [5, 5.41) is 0.495. The van der Waals surface area contributed by atoms with E-state index in [0.29, 0.717) is 28.9 Å². The third-order valence-electron chi connectivity index (χ3n) is 4.72. The maximum atomic E-state index is 12.8. The Morgan fingerprint density at radius 1 is 1.08 bits per heavy atom. The first-order valence-electron chi connectivity index (χ1n) is 8.27. The van der Waals surface area contributed by atoms with E-state index in [9.17, 15) is 8.42 Å². The number of rotatable bonds is 4. The lowest BCUT2D eigenvalue weighted by Crippen LogP contribution is -2.38. The molecule has 3 nitrogen and oxygen atoms in total. The maximum absolute atomic E-state index is 12.8. The Morgan fingerprint density at radius 2 is 1.75 bits per heavy atom. The van der Waals surface area contributed by atoms with Gasteiger partial charge in [-0.3, -0.25) is 0 Å². The van der Waals surface area contributed by atoms with Crippen LogP contribution in [0, 0.1) is 12.8 Å². The van der Waals surface area contributed by atoms with Gasteiger partial charge < -0.3 is 0 Å². The van der Waals surface area contributed by atoms with Gasteiger partial charge in [0.1, 0.15) is 0 Å². The van der Waals surface area contributed by atoms with Crippen molar-refractivity contribution in [1.29, 1.82) is 0 Å². The number of piperidine rings is 1. The molecule has 24 heavy (non-hydrogen) atoms. The summed E-state index contributed by atoms with van der Waals surface area (Å²) in [5.74, 6) is 0.542. The van der Waals surface area contributed by atoms with Crippen molar-refractivity contribution in [3.05, 3.63) is 64.7 Å². The maximum Gasteiger partial charge on any atom is 0.243 e. The van der Waals surface area contributed by atoms with Gasteiger partial charge in [0.25, 0.3) is 0 Å². The van der Waals surface area contributed by atoms with Gasteiger partial charge in [0.15, 0.2) is 0 Å². The van der Waals surface area contributed by atoms with E-state index in [-0.39, 0.29) is 0 Å².